The molecule has 2 aliphatic rings. The summed E-state index contributed by atoms with van der Waals surface area (Å²) in [5.74, 6) is 1.69. The molecule has 0 aromatic rings. The highest BCUT2D eigenvalue weighted by atomic mass is 15.0. The minimum atomic E-state index is 0.418. The molecule has 2 rings (SSSR count). The predicted molar refractivity (Wildman–Crippen MR) is 79.6 cm³/mol. The van der Waals surface area contributed by atoms with Gasteiger partial charge < -0.3 is 5.32 Å². The van der Waals surface area contributed by atoms with Crippen molar-refractivity contribution in [1.29, 1.82) is 0 Å². The number of nitrogens with one attached hydrogen (secondary N) is 1. The second kappa shape index (κ2) is 4.23. The summed E-state index contributed by atoms with van der Waals surface area (Å²) in [5.41, 5.74) is 1.48. The quantitative estimate of drug-likeness (QED) is 0.780. The third kappa shape index (κ3) is 2.03. The summed E-state index contributed by atoms with van der Waals surface area (Å²) < 4.78 is 0. The SMILES string of the molecule is CC(CNC1CC2CCC1(C)C2(C)C)C(C)(C)C. The van der Waals surface area contributed by atoms with E-state index in [9.17, 15) is 0 Å². The summed E-state index contributed by atoms with van der Waals surface area (Å²) in [7, 11) is 0. The lowest BCUT2D eigenvalue weighted by Gasteiger charge is -2.40. The van der Waals surface area contributed by atoms with Crippen LogP contribution in [0.3, 0.4) is 0 Å². The Hall–Kier alpha value is -0.0400. The summed E-state index contributed by atoms with van der Waals surface area (Å²) >= 11 is 0. The minimum Gasteiger partial charge on any atom is -0.313 e. The van der Waals surface area contributed by atoms with E-state index in [2.05, 4.69) is 53.8 Å². The van der Waals surface area contributed by atoms with Crippen LogP contribution in [-0.2, 0) is 0 Å². The molecule has 2 saturated carbocycles. The van der Waals surface area contributed by atoms with E-state index in [0.29, 0.717) is 16.2 Å². The van der Waals surface area contributed by atoms with Gasteiger partial charge in [-0.3, -0.25) is 0 Å². The lowest BCUT2D eigenvalue weighted by Crippen LogP contribution is -2.46. The van der Waals surface area contributed by atoms with Gasteiger partial charge in [-0.25, -0.2) is 0 Å². The van der Waals surface area contributed by atoms with Gasteiger partial charge in [0.05, 0.1) is 0 Å². The Morgan fingerprint density at radius 2 is 1.83 bits per heavy atom. The van der Waals surface area contributed by atoms with Gasteiger partial charge in [-0.05, 0) is 53.9 Å². The normalized spacial score (nSPS) is 40.2. The first kappa shape index (κ1) is 14.4. The molecule has 0 saturated heterocycles. The molecule has 1 heteroatoms. The van der Waals surface area contributed by atoms with Crippen molar-refractivity contribution in [1.82, 2.24) is 5.32 Å². The van der Waals surface area contributed by atoms with E-state index < -0.39 is 0 Å². The van der Waals surface area contributed by atoms with Crippen molar-refractivity contribution in [2.45, 2.75) is 73.8 Å². The first-order chi connectivity index (χ1) is 8.09. The van der Waals surface area contributed by atoms with Crippen LogP contribution in [0.15, 0.2) is 0 Å². The minimum absolute atomic E-state index is 0.418. The first-order valence-electron chi connectivity index (χ1n) is 7.82. The van der Waals surface area contributed by atoms with Gasteiger partial charge in [0.2, 0.25) is 0 Å². The van der Waals surface area contributed by atoms with Gasteiger partial charge in [0, 0.05) is 6.04 Å². The third-order valence-corrected chi connectivity index (χ3v) is 6.94. The van der Waals surface area contributed by atoms with Crippen molar-refractivity contribution in [2.75, 3.05) is 6.54 Å². The molecule has 2 bridgehead atoms. The number of hydrogen-bond acceptors (Lipinski definition) is 1. The summed E-state index contributed by atoms with van der Waals surface area (Å²) in [4.78, 5) is 0. The van der Waals surface area contributed by atoms with E-state index in [-0.39, 0.29) is 0 Å². The van der Waals surface area contributed by atoms with Crippen LogP contribution in [-0.4, -0.2) is 12.6 Å². The van der Waals surface area contributed by atoms with Crippen molar-refractivity contribution in [3.63, 3.8) is 0 Å². The predicted octanol–water partition coefficient (Wildman–Crippen LogP) is 4.47. The molecule has 1 nitrogen and oxygen atoms in total. The number of fused-ring (bicyclic) bond motifs is 2. The Labute approximate surface area is 114 Å². The fourth-order valence-electron chi connectivity index (χ4n) is 4.14. The highest BCUT2D eigenvalue weighted by Crippen LogP contribution is 2.65. The zero-order valence-electron chi connectivity index (χ0n) is 13.6. The monoisotopic (exact) mass is 251 g/mol. The van der Waals surface area contributed by atoms with Crippen molar-refractivity contribution in [2.24, 2.45) is 28.1 Å². The van der Waals surface area contributed by atoms with Crippen molar-refractivity contribution >= 4 is 0 Å². The summed E-state index contributed by atoms with van der Waals surface area (Å²) in [6.07, 6.45) is 4.28. The van der Waals surface area contributed by atoms with Gasteiger partial charge in [0.1, 0.15) is 0 Å². The smallest absolute Gasteiger partial charge is 0.0129 e. The zero-order chi connectivity index (χ0) is 13.8. The van der Waals surface area contributed by atoms with Crippen LogP contribution in [0.2, 0.25) is 0 Å². The van der Waals surface area contributed by atoms with Gasteiger partial charge in [-0.1, -0.05) is 48.5 Å². The molecule has 18 heavy (non-hydrogen) atoms. The van der Waals surface area contributed by atoms with Crippen LogP contribution in [0.25, 0.3) is 0 Å². The lowest BCUT2D eigenvalue weighted by molar-refractivity contribution is 0.114. The van der Waals surface area contributed by atoms with Crippen LogP contribution in [0.1, 0.15) is 67.7 Å². The Morgan fingerprint density at radius 3 is 2.22 bits per heavy atom. The number of hydrogen-bond donors (Lipinski definition) is 1. The van der Waals surface area contributed by atoms with Gasteiger partial charge in [-0.2, -0.15) is 0 Å². The number of rotatable bonds is 3. The van der Waals surface area contributed by atoms with Crippen LogP contribution >= 0.6 is 0 Å². The zero-order valence-corrected chi connectivity index (χ0v) is 13.6. The molecule has 0 aromatic heterocycles. The van der Waals surface area contributed by atoms with Crippen LogP contribution in [0, 0.1) is 28.1 Å². The highest BCUT2D eigenvalue weighted by molar-refractivity contribution is 5.13. The van der Waals surface area contributed by atoms with Gasteiger partial charge >= 0.3 is 0 Å². The molecule has 2 fully saturated rings. The molecule has 4 atom stereocenters. The maximum Gasteiger partial charge on any atom is 0.0129 e. The topological polar surface area (TPSA) is 12.0 Å². The molecule has 0 amide bonds. The second-order valence-corrected chi connectivity index (χ2v) is 8.84. The maximum absolute atomic E-state index is 3.92. The molecule has 0 aliphatic heterocycles. The average Bonchev–Trinajstić information content (AvgIpc) is 2.56. The average molecular weight is 251 g/mol. The molecule has 1 N–H and O–H groups in total. The van der Waals surface area contributed by atoms with E-state index in [1.165, 1.54) is 25.8 Å². The molecule has 0 spiro atoms. The Balaban J connectivity index is 1.97. The maximum atomic E-state index is 3.92. The van der Waals surface area contributed by atoms with E-state index in [4.69, 9.17) is 0 Å². The standard InChI is InChI=1S/C17H33N/c1-12(15(2,3)4)11-18-14-10-13-8-9-17(14,7)16(13,5)6/h12-14,18H,8-11H2,1-7H3. The molecule has 0 aromatic carbocycles. The molecule has 4 unspecified atom stereocenters. The highest BCUT2D eigenvalue weighted by Gasteiger charge is 2.61. The Morgan fingerprint density at radius 1 is 1.22 bits per heavy atom. The largest absolute Gasteiger partial charge is 0.313 e. The fourth-order valence-corrected chi connectivity index (χ4v) is 4.14. The van der Waals surface area contributed by atoms with Crippen LogP contribution in [0.4, 0.5) is 0 Å². The lowest BCUT2D eigenvalue weighted by atomic mass is 9.69. The van der Waals surface area contributed by atoms with Crippen LogP contribution < -0.4 is 5.32 Å². The van der Waals surface area contributed by atoms with Crippen LogP contribution in [0.5, 0.6) is 0 Å². The molecular formula is C17H33N. The van der Waals surface area contributed by atoms with Gasteiger partial charge in [-0.15, -0.1) is 0 Å². The molecule has 0 heterocycles. The molecule has 106 valence electrons. The van der Waals surface area contributed by atoms with Crippen molar-refractivity contribution in [3.05, 3.63) is 0 Å². The molecule has 2 aliphatic carbocycles. The van der Waals surface area contributed by atoms with Gasteiger partial charge in [0.25, 0.3) is 0 Å². The molecule has 0 radical (unpaired) electrons. The fraction of sp³-hybridized carbons (Fsp3) is 1.00. The van der Waals surface area contributed by atoms with E-state index in [1.54, 1.807) is 0 Å². The molecular weight excluding hydrogens is 218 g/mol. The van der Waals surface area contributed by atoms with Gasteiger partial charge in [0.15, 0.2) is 0 Å². The first-order valence-corrected chi connectivity index (χ1v) is 7.82. The van der Waals surface area contributed by atoms with Crippen molar-refractivity contribution in [3.8, 4) is 0 Å². The summed E-state index contributed by atoms with van der Waals surface area (Å²) in [5, 5.41) is 3.92. The van der Waals surface area contributed by atoms with E-state index >= 15 is 0 Å². The Bertz CT molecular complexity index is 312. The Kier molecular flexibility index (Phi) is 3.38. The second-order valence-electron chi connectivity index (χ2n) is 8.84. The summed E-state index contributed by atoms with van der Waals surface area (Å²) in [6.45, 7) is 18.1. The van der Waals surface area contributed by atoms with E-state index in [0.717, 1.165) is 17.9 Å². The summed E-state index contributed by atoms with van der Waals surface area (Å²) in [6, 6.07) is 0.746. The third-order valence-electron chi connectivity index (χ3n) is 6.94. The van der Waals surface area contributed by atoms with E-state index in [1.807, 2.05) is 0 Å². The van der Waals surface area contributed by atoms with Crippen molar-refractivity contribution < 1.29 is 0 Å².